The minimum atomic E-state index is -0.194. The van der Waals surface area contributed by atoms with Gasteiger partial charge in [0.25, 0.3) is 5.91 Å². The molecule has 92 valence electrons. The monoisotopic (exact) mass is 254 g/mol. The van der Waals surface area contributed by atoms with Gasteiger partial charge in [-0.3, -0.25) is 9.59 Å². The van der Waals surface area contributed by atoms with Gasteiger partial charge in [-0.15, -0.1) is 11.6 Å². The van der Waals surface area contributed by atoms with E-state index < -0.39 is 0 Å². The standard InChI is InChI=1S/C12H15ClN2O2/c1-14-11(16)5-6-15-12(17)10-4-2-3-9(7-10)8-13/h2-4,7H,5-6,8H2,1H3,(H,14,16)(H,15,17). The molecule has 2 amide bonds. The summed E-state index contributed by atoms with van der Waals surface area (Å²) in [5, 5.41) is 5.16. The lowest BCUT2D eigenvalue weighted by molar-refractivity contribution is -0.120. The van der Waals surface area contributed by atoms with Crippen molar-refractivity contribution in [3.8, 4) is 0 Å². The second-order valence-electron chi connectivity index (χ2n) is 3.51. The predicted octanol–water partition coefficient (Wildman–Crippen LogP) is 1.29. The van der Waals surface area contributed by atoms with E-state index >= 15 is 0 Å². The fourth-order valence-electron chi connectivity index (χ4n) is 1.31. The van der Waals surface area contributed by atoms with E-state index in [0.717, 1.165) is 5.56 Å². The third-order valence-corrected chi connectivity index (χ3v) is 2.57. The summed E-state index contributed by atoms with van der Waals surface area (Å²) in [6.45, 7) is 0.323. The maximum absolute atomic E-state index is 11.7. The molecular weight excluding hydrogens is 240 g/mol. The van der Waals surface area contributed by atoms with Gasteiger partial charge in [0.05, 0.1) is 0 Å². The van der Waals surface area contributed by atoms with Crippen LogP contribution in [-0.4, -0.2) is 25.4 Å². The van der Waals surface area contributed by atoms with Crippen LogP contribution in [0, 0.1) is 0 Å². The Kier molecular flexibility index (Phi) is 5.49. The molecule has 0 aromatic heterocycles. The zero-order chi connectivity index (χ0) is 12.7. The molecule has 1 aromatic rings. The number of carbonyl (C=O) groups excluding carboxylic acids is 2. The number of hydrogen-bond acceptors (Lipinski definition) is 2. The summed E-state index contributed by atoms with van der Waals surface area (Å²) in [5.41, 5.74) is 1.45. The number of benzene rings is 1. The molecule has 0 aliphatic rings. The molecule has 2 N–H and O–H groups in total. The van der Waals surface area contributed by atoms with Gasteiger partial charge in [0.15, 0.2) is 0 Å². The van der Waals surface area contributed by atoms with Crippen LogP contribution >= 0.6 is 11.6 Å². The SMILES string of the molecule is CNC(=O)CCNC(=O)c1cccc(CCl)c1. The lowest BCUT2D eigenvalue weighted by atomic mass is 10.1. The van der Waals surface area contributed by atoms with Crippen LogP contribution in [0.1, 0.15) is 22.3 Å². The van der Waals surface area contributed by atoms with Crippen molar-refractivity contribution >= 4 is 23.4 Å². The minimum Gasteiger partial charge on any atom is -0.359 e. The Morgan fingerprint density at radius 1 is 1.35 bits per heavy atom. The first-order chi connectivity index (χ1) is 8.17. The van der Waals surface area contributed by atoms with Crippen LogP contribution in [0.4, 0.5) is 0 Å². The van der Waals surface area contributed by atoms with Crippen molar-refractivity contribution in [1.82, 2.24) is 10.6 Å². The van der Waals surface area contributed by atoms with E-state index in [9.17, 15) is 9.59 Å². The van der Waals surface area contributed by atoms with Gasteiger partial charge in [-0.25, -0.2) is 0 Å². The van der Waals surface area contributed by atoms with E-state index in [2.05, 4.69) is 10.6 Å². The predicted molar refractivity (Wildman–Crippen MR) is 67.0 cm³/mol. The number of rotatable bonds is 5. The molecule has 0 aliphatic carbocycles. The number of amides is 2. The van der Waals surface area contributed by atoms with Crippen LogP contribution in [0.25, 0.3) is 0 Å². The van der Waals surface area contributed by atoms with Crippen molar-refractivity contribution in [3.63, 3.8) is 0 Å². The van der Waals surface area contributed by atoms with E-state index in [4.69, 9.17) is 11.6 Å². The lowest BCUT2D eigenvalue weighted by Crippen LogP contribution is -2.29. The first kappa shape index (κ1) is 13.5. The third kappa shape index (κ3) is 4.44. The number of nitrogens with one attached hydrogen (secondary N) is 2. The molecule has 0 saturated heterocycles. The summed E-state index contributed by atoms with van der Waals surface area (Å²) in [6, 6.07) is 7.09. The largest absolute Gasteiger partial charge is 0.359 e. The molecule has 0 spiro atoms. The van der Waals surface area contributed by atoms with E-state index in [1.165, 1.54) is 0 Å². The molecule has 0 fully saturated rings. The van der Waals surface area contributed by atoms with E-state index in [0.29, 0.717) is 18.0 Å². The quantitative estimate of drug-likeness (QED) is 0.778. The first-order valence-corrected chi connectivity index (χ1v) is 5.84. The van der Waals surface area contributed by atoms with Crippen molar-refractivity contribution < 1.29 is 9.59 Å². The molecule has 0 saturated carbocycles. The van der Waals surface area contributed by atoms with Gasteiger partial charge in [-0.2, -0.15) is 0 Å². The van der Waals surface area contributed by atoms with Crippen LogP contribution in [0.5, 0.6) is 0 Å². The second kappa shape index (κ2) is 6.91. The number of carbonyl (C=O) groups is 2. The van der Waals surface area contributed by atoms with Gasteiger partial charge in [-0.05, 0) is 17.7 Å². The molecule has 5 heteroatoms. The van der Waals surface area contributed by atoms with E-state index in [1.54, 1.807) is 25.2 Å². The van der Waals surface area contributed by atoms with Gasteiger partial charge >= 0.3 is 0 Å². The lowest BCUT2D eigenvalue weighted by Gasteiger charge is -2.05. The topological polar surface area (TPSA) is 58.2 Å². The minimum absolute atomic E-state index is 0.0974. The molecule has 4 nitrogen and oxygen atoms in total. The molecule has 0 bridgehead atoms. The summed E-state index contributed by atoms with van der Waals surface area (Å²) >= 11 is 5.68. The summed E-state index contributed by atoms with van der Waals surface area (Å²) in [5.74, 6) is 0.0833. The second-order valence-corrected chi connectivity index (χ2v) is 3.78. The molecule has 0 heterocycles. The van der Waals surface area contributed by atoms with Crippen LogP contribution < -0.4 is 10.6 Å². The van der Waals surface area contributed by atoms with Gasteiger partial charge in [-0.1, -0.05) is 12.1 Å². The van der Waals surface area contributed by atoms with Crippen molar-refractivity contribution in [1.29, 1.82) is 0 Å². The van der Waals surface area contributed by atoms with Crippen molar-refractivity contribution in [2.75, 3.05) is 13.6 Å². The fourth-order valence-corrected chi connectivity index (χ4v) is 1.48. The average molecular weight is 255 g/mol. The summed E-state index contributed by atoms with van der Waals surface area (Å²) in [6.07, 6.45) is 0.275. The molecule has 1 rings (SSSR count). The Morgan fingerprint density at radius 2 is 2.12 bits per heavy atom. The maximum Gasteiger partial charge on any atom is 0.251 e. The Balaban J connectivity index is 2.49. The van der Waals surface area contributed by atoms with Crippen LogP contribution in [0.15, 0.2) is 24.3 Å². The zero-order valence-corrected chi connectivity index (χ0v) is 10.4. The van der Waals surface area contributed by atoms with Crippen LogP contribution in [0.3, 0.4) is 0 Å². The number of alkyl halides is 1. The van der Waals surface area contributed by atoms with Crippen molar-refractivity contribution in [2.24, 2.45) is 0 Å². The van der Waals surface area contributed by atoms with Crippen molar-refractivity contribution in [3.05, 3.63) is 35.4 Å². The Bertz CT molecular complexity index is 407. The zero-order valence-electron chi connectivity index (χ0n) is 9.63. The molecule has 1 aromatic carbocycles. The first-order valence-electron chi connectivity index (χ1n) is 5.31. The highest BCUT2D eigenvalue weighted by molar-refractivity contribution is 6.17. The molecule has 17 heavy (non-hydrogen) atoms. The van der Waals surface area contributed by atoms with Gasteiger partial charge in [0, 0.05) is 31.5 Å². The Labute approximate surface area is 105 Å². The highest BCUT2D eigenvalue weighted by Crippen LogP contribution is 2.07. The number of halogens is 1. The van der Waals surface area contributed by atoms with Gasteiger partial charge in [0.2, 0.25) is 5.91 Å². The van der Waals surface area contributed by atoms with Crippen molar-refractivity contribution in [2.45, 2.75) is 12.3 Å². The fraction of sp³-hybridized carbons (Fsp3) is 0.333. The highest BCUT2D eigenvalue weighted by atomic mass is 35.5. The molecule has 0 atom stereocenters. The highest BCUT2D eigenvalue weighted by Gasteiger charge is 2.06. The summed E-state index contributed by atoms with van der Waals surface area (Å²) in [7, 11) is 1.56. The third-order valence-electron chi connectivity index (χ3n) is 2.26. The van der Waals surface area contributed by atoms with E-state index in [-0.39, 0.29) is 18.2 Å². The van der Waals surface area contributed by atoms with Gasteiger partial charge < -0.3 is 10.6 Å². The maximum atomic E-state index is 11.7. The van der Waals surface area contributed by atoms with E-state index in [1.807, 2.05) is 6.07 Å². The van der Waals surface area contributed by atoms with Crippen LogP contribution in [0.2, 0.25) is 0 Å². The smallest absolute Gasteiger partial charge is 0.251 e. The normalized spacial score (nSPS) is 9.76. The van der Waals surface area contributed by atoms with Crippen LogP contribution in [-0.2, 0) is 10.7 Å². The van der Waals surface area contributed by atoms with Gasteiger partial charge in [0.1, 0.15) is 0 Å². The average Bonchev–Trinajstić information content (AvgIpc) is 2.38. The molecular formula is C12H15ClN2O2. The molecule has 0 radical (unpaired) electrons. The molecule has 0 unspecified atom stereocenters. The Morgan fingerprint density at radius 3 is 2.76 bits per heavy atom. The summed E-state index contributed by atoms with van der Waals surface area (Å²) in [4.78, 5) is 22.6. The number of hydrogen-bond donors (Lipinski definition) is 2. The summed E-state index contributed by atoms with van der Waals surface area (Å²) < 4.78 is 0. The Hall–Kier alpha value is -1.55. The molecule has 0 aliphatic heterocycles.